The predicted molar refractivity (Wildman–Crippen MR) is 122 cm³/mol. The molecule has 1 spiro atoms. The van der Waals surface area contributed by atoms with E-state index in [1.807, 2.05) is 0 Å². The van der Waals surface area contributed by atoms with E-state index >= 15 is 0 Å². The number of ether oxygens (including phenoxy) is 4. The number of hydrogen-bond donors (Lipinski definition) is 3. The van der Waals surface area contributed by atoms with Gasteiger partial charge in [-0.25, -0.2) is 14.4 Å². The highest BCUT2D eigenvalue weighted by Gasteiger charge is 2.85. The molecule has 3 aliphatic carbocycles. The van der Waals surface area contributed by atoms with Crippen LogP contribution in [0.25, 0.3) is 0 Å². The van der Waals surface area contributed by atoms with E-state index in [4.69, 9.17) is 18.9 Å². The SMILES string of the molecule is COC(=O)[C@]12OC[C@@]34[C@H]([C@H](O)[C@@H]1O)[C@@]1(C)CC(=O)C(O)=C(C)[C@@H]1C[C@H]3OC(=O)[C@@H](OC(=O)C=C(C)C)[C@@H]24. The van der Waals surface area contributed by atoms with Gasteiger partial charge in [0.05, 0.1) is 25.7 Å². The van der Waals surface area contributed by atoms with E-state index in [-0.39, 0.29) is 25.2 Å². The van der Waals surface area contributed by atoms with Gasteiger partial charge in [0.25, 0.3) is 0 Å². The fourth-order valence-corrected chi connectivity index (χ4v) is 8.25. The van der Waals surface area contributed by atoms with Crippen molar-refractivity contribution in [3.63, 3.8) is 0 Å². The number of esters is 3. The van der Waals surface area contributed by atoms with Crippen LogP contribution in [-0.2, 0) is 38.1 Å². The Morgan fingerprint density at radius 1 is 1.16 bits per heavy atom. The second-order valence-corrected chi connectivity index (χ2v) is 11.5. The van der Waals surface area contributed by atoms with Gasteiger partial charge in [0.1, 0.15) is 12.2 Å². The molecular weight excluding hydrogens is 488 g/mol. The lowest BCUT2D eigenvalue weighted by Gasteiger charge is -2.67. The van der Waals surface area contributed by atoms with Gasteiger partial charge in [0, 0.05) is 23.8 Å². The summed E-state index contributed by atoms with van der Waals surface area (Å²) in [5.41, 5.74) is -3.50. The lowest BCUT2D eigenvalue weighted by atomic mass is 9.38. The molecule has 0 unspecified atom stereocenters. The second-order valence-electron chi connectivity index (χ2n) is 11.5. The van der Waals surface area contributed by atoms with Crippen molar-refractivity contribution < 1.29 is 53.4 Å². The number of ketones is 1. The van der Waals surface area contributed by atoms with E-state index in [1.54, 1.807) is 27.7 Å². The Morgan fingerprint density at radius 2 is 1.84 bits per heavy atom. The third kappa shape index (κ3) is 3.04. The molecular formula is C26H32O11. The number of carbonyl (C=O) groups is 4. The van der Waals surface area contributed by atoms with Crippen molar-refractivity contribution in [3.8, 4) is 0 Å². The molecule has 2 saturated heterocycles. The van der Waals surface area contributed by atoms with Crippen LogP contribution in [0.3, 0.4) is 0 Å². The number of rotatable bonds is 3. The van der Waals surface area contributed by atoms with Crippen LogP contribution in [-0.4, -0.2) is 82.7 Å². The van der Waals surface area contributed by atoms with Gasteiger partial charge in [-0.2, -0.15) is 0 Å². The quantitative estimate of drug-likeness (QED) is 0.270. The summed E-state index contributed by atoms with van der Waals surface area (Å²) in [6.07, 6.45) is -4.79. The number of aliphatic hydroxyl groups is 3. The van der Waals surface area contributed by atoms with E-state index in [0.29, 0.717) is 11.1 Å². The zero-order valence-corrected chi connectivity index (χ0v) is 21.3. The summed E-state index contributed by atoms with van der Waals surface area (Å²) < 4.78 is 22.5. The summed E-state index contributed by atoms with van der Waals surface area (Å²) in [6.45, 7) is 6.53. The first-order chi connectivity index (χ1) is 17.3. The van der Waals surface area contributed by atoms with Crippen LogP contribution in [0.2, 0.25) is 0 Å². The Kier molecular flexibility index (Phi) is 5.68. The largest absolute Gasteiger partial charge is 0.504 e. The van der Waals surface area contributed by atoms with Crippen molar-refractivity contribution in [3.05, 3.63) is 23.0 Å². The summed E-state index contributed by atoms with van der Waals surface area (Å²) in [5, 5.41) is 33.6. The highest BCUT2D eigenvalue weighted by molar-refractivity contribution is 5.95. The molecule has 3 N–H and O–H groups in total. The topological polar surface area (TPSA) is 166 Å². The van der Waals surface area contributed by atoms with Gasteiger partial charge in [0.2, 0.25) is 11.7 Å². The maximum absolute atomic E-state index is 13.4. The minimum Gasteiger partial charge on any atom is -0.504 e. The third-order valence-electron chi connectivity index (χ3n) is 9.49. The van der Waals surface area contributed by atoms with Crippen LogP contribution in [0.15, 0.2) is 23.0 Å². The number of allylic oxidation sites excluding steroid dienone is 3. The van der Waals surface area contributed by atoms with E-state index in [2.05, 4.69) is 0 Å². The number of aliphatic hydroxyl groups excluding tert-OH is 3. The van der Waals surface area contributed by atoms with Crippen molar-refractivity contribution in [2.75, 3.05) is 13.7 Å². The minimum absolute atomic E-state index is 0.141. The van der Waals surface area contributed by atoms with Gasteiger partial charge in [0.15, 0.2) is 11.5 Å². The number of hydrogen-bond acceptors (Lipinski definition) is 11. The normalized spacial score (nSPS) is 45.9. The fourth-order valence-electron chi connectivity index (χ4n) is 8.25. The summed E-state index contributed by atoms with van der Waals surface area (Å²) in [7, 11) is 1.09. The first-order valence-corrected chi connectivity index (χ1v) is 12.3. The Labute approximate surface area is 213 Å². The standard InChI is InChI=1S/C26H32O11/c1-10(2)6-15(28)37-18-20-25-9-35-26(20,23(33)34-5)21(31)17(30)19(25)24(4)8-13(27)16(29)11(3)12(24)7-14(25)36-22(18)32/h6,12,14,17-21,29-31H,7-9H2,1-5H3/t12-,14+,17-,18-,19+,20+,21-,24-,25-,26+/m0/s1. The Morgan fingerprint density at radius 3 is 2.46 bits per heavy atom. The molecule has 0 amide bonds. The van der Waals surface area contributed by atoms with Crippen LogP contribution >= 0.6 is 0 Å². The predicted octanol–water partition coefficient (Wildman–Crippen LogP) is 0.517. The third-order valence-corrected chi connectivity index (χ3v) is 9.49. The first-order valence-electron chi connectivity index (χ1n) is 12.3. The maximum Gasteiger partial charge on any atom is 0.348 e. The van der Waals surface area contributed by atoms with Crippen molar-refractivity contribution in [1.29, 1.82) is 0 Å². The van der Waals surface area contributed by atoms with Gasteiger partial charge in [-0.1, -0.05) is 12.5 Å². The first kappa shape index (κ1) is 25.9. The van der Waals surface area contributed by atoms with Crippen LogP contribution in [0.5, 0.6) is 0 Å². The van der Waals surface area contributed by atoms with E-state index in [0.717, 1.165) is 7.11 Å². The Hall–Kier alpha value is -2.76. The fraction of sp³-hybridized carbons (Fsp3) is 0.692. The molecule has 11 nitrogen and oxygen atoms in total. The highest BCUT2D eigenvalue weighted by Crippen LogP contribution is 2.72. The lowest BCUT2D eigenvalue weighted by Crippen LogP contribution is -2.79. The molecule has 0 radical (unpaired) electrons. The number of fused-ring (bicyclic) bond motifs is 2. The van der Waals surface area contributed by atoms with Gasteiger partial charge in [-0.15, -0.1) is 0 Å². The summed E-state index contributed by atoms with van der Waals surface area (Å²) in [5.74, 6) is -6.30. The van der Waals surface area contributed by atoms with Gasteiger partial charge in [-0.05, 0) is 44.1 Å². The molecule has 0 aromatic rings. The van der Waals surface area contributed by atoms with Crippen LogP contribution in [0.1, 0.15) is 40.5 Å². The zero-order chi connectivity index (χ0) is 27.2. The average molecular weight is 521 g/mol. The number of Topliss-reactive ketones (excluding diaryl/α,β-unsaturated/α-hetero) is 1. The molecule has 10 atom stereocenters. The van der Waals surface area contributed by atoms with Crippen LogP contribution < -0.4 is 0 Å². The monoisotopic (exact) mass is 520 g/mol. The molecule has 37 heavy (non-hydrogen) atoms. The molecule has 2 heterocycles. The molecule has 11 heteroatoms. The minimum atomic E-state index is -2.22. The lowest BCUT2D eigenvalue weighted by molar-refractivity contribution is -0.290. The van der Waals surface area contributed by atoms with Crippen molar-refractivity contribution >= 4 is 23.7 Å². The van der Waals surface area contributed by atoms with Gasteiger partial charge < -0.3 is 34.3 Å². The molecule has 2 bridgehead atoms. The molecule has 5 aliphatic rings. The zero-order valence-electron chi connectivity index (χ0n) is 21.3. The molecule has 5 rings (SSSR count). The molecule has 202 valence electrons. The number of carbonyl (C=O) groups excluding carboxylic acids is 4. The highest BCUT2D eigenvalue weighted by atomic mass is 16.6. The summed E-state index contributed by atoms with van der Waals surface area (Å²) in [6, 6.07) is 0. The Balaban J connectivity index is 1.74. The van der Waals surface area contributed by atoms with E-state index < -0.39 is 82.3 Å². The summed E-state index contributed by atoms with van der Waals surface area (Å²) >= 11 is 0. The molecule has 2 saturated carbocycles. The van der Waals surface area contributed by atoms with Crippen LogP contribution in [0, 0.1) is 28.6 Å². The average Bonchev–Trinajstić information content (AvgIpc) is 3.12. The Bertz CT molecular complexity index is 1150. The maximum atomic E-state index is 13.4. The molecule has 2 aliphatic heterocycles. The molecule has 0 aromatic heterocycles. The van der Waals surface area contributed by atoms with Crippen molar-refractivity contribution in [1.82, 2.24) is 0 Å². The van der Waals surface area contributed by atoms with Gasteiger partial charge in [-0.3, -0.25) is 4.79 Å². The smallest absolute Gasteiger partial charge is 0.348 e. The van der Waals surface area contributed by atoms with Gasteiger partial charge >= 0.3 is 17.9 Å². The van der Waals surface area contributed by atoms with E-state index in [1.165, 1.54) is 6.08 Å². The van der Waals surface area contributed by atoms with E-state index in [9.17, 15) is 34.5 Å². The second kappa shape index (κ2) is 8.12. The number of methoxy groups -OCH3 is 1. The summed E-state index contributed by atoms with van der Waals surface area (Å²) in [4.78, 5) is 52.2. The van der Waals surface area contributed by atoms with Crippen molar-refractivity contribution in [2.24, 2.45) is 28.6 Å². The molecule has 0 aromatic carbocycles. The van der Waals surface area contributed by atoms with Crippen molar-refractivity contribution in [2.45, 2.75) is 70.6 Å². The van der Waals surface area contributed by atoms with Crippen LogP contribution in [0.4, 0.5) is 0 Å². The molecule has 4 fully saturated rings.